The summed E-state index contributed by atoms with van der Waals surface area (Å²) < 4.78 is 1.64. The van der Waals surface area contributed by atoms with Crippen molar-refractivity contribution in [3.05, 3.63) is 48.3 Å². The Bertz CT molecular complexity index is 564. The summed E-state index contributed by atoms with van der Waals surface area (Å²) in [7, 11) is 1.81. The average molecular weight is 272 g/mol. The van der Waals surface area contributed by atoms with Crippen LogP contribution in [0, 0.1) is 0 Å². The van der Waals surface area contributed by atoms with E-state index in [1.807, 2.05) is 32.2 Å². The van der Waals surface area contributed by atoms with Crippen LogP contribution in [0.4, 0.5) is 10.5 Å². The van der Waals surface area contributed by atoms with Gasteiger partial charge in [-0.05, 0) is 12.5 Å². The van der Waals surface area contributed by atoms with Gasteiger partial charge in [0, 0.05) is 25.2 Å². The van der Waals surface area contributed by atoms with Gasteiger partial charge in [-0.15, -0.1) is 0 Å². The maximum absolute atomic E-state index is 11.9. The molecule has 0 aliphatic heterocycles. The number of carbonyl (C=O) groups excluding carboxylic acids is 1. The van der Waals surface area contributed by atoms with E-state index in [-0.39, 0.29) is 18.0 Å². The van der Waals surface area contributed by atoms with Crippen LogP contribution in [-0.4, -0.2) is 21.9 Å². The monoisotopic (exact) mass is 272 g/mol. The minimum Gasteiger partial charge on any atom is -0.335 e. The van der Waals surface area contributed by atoms with E-state index in [0.29, 0.717) is 5.69 Å². The lowest BCUT2D eigenvalue weighted by atomic mass is 9.95. The minimum absolute atomic E-state index is 0.0362. The van der Waals surface area contributed by atoms with Gasteiger partial charge in [-0.3, -0.25) is 4.68 Å². The van der Waals surface area contributed by atoms with Gasteiger partial charge in [0.1, 0.15) is 0 Å². The van der Waals surface area contributed by atoms with Gasteiger partial charge in [0.25, 0.3) is 0 Å². The number of aromatic nitrogens is 2. The van der Waals surface area contributed by atoms with Crippen molar-refractivity contribution in [3.8, 4) is 0 Å². The fraction of sp³-hybridized carbons (Fsp3) is 0.333. The number of hydrogen-bond acceptors (Lipinski definition) is 2. The molecule has 2 rings (SSSR count). The van der Waals surface area contributed by atoms with Crippen molar-refractivity contribution in [1.82, 2.24) is 15.1 Å². The van der Waals surface area contributed by atoms with Crippen LogP contribution in [0.2, 0.25) is 0 Å². The molecule has 0 saturated heterocycles. The molecule has 0 spiro atoms. The predicted octanol–water partition coefficient (Wildman–Crippen LogP) is 2.73. The van der Waals surface area contributed by atoms with Crippen LogP contribution in [0.3, 0.4) is 0 Å². The normalized spacial score (nSPS) is 13.6. The first kappa shape index (κ1) is 14.1. The van der Waals surface area contributed by atoms with Gasteiger partial charge in [0.2, 0.25) is 0 Å². The van der Waals surface area contributed by atoms with Crippen LogP contribution in [0.1, 0.15) is 25.3 Å². The Hall–Kier alpha value is -2.30. The maximum atomic E-state index is 11.9. The number of nitrogens with zero attached hydrogens (tertiary/aromatic N) is 2. The second kappa shape index (κ2) is 6.23. The molecule has 1 aromatic carbocycles. The largest absolute Gasteiger partial charge is 0.335 e. The zero-order valence-corrected chi connectivity index (χ0v) is 12.0. The Morgan fingerprint density at radius 3 is 2.55 bits per heavy atom. The molecule has 0 bridgehead atoms. The van der Waals surface area contributed by atoms with E-state index in [1.165, 1.54) is 5.56 Å². The summed E-state index contributed by atoms with van der Waals surface area (Å²) in [6, 6.07) is 9.97. The second-order valence-electron chi connectivity index (χ2n) is 4.99. The zero-order valence-electron chi connectivity index (χ0n) is 12.0. The highest BCUT2D eigenvalue weighted by Crippen LogP contribution is 2.18. The van der Waals surface area contributed by atoms with Crippen molar-refractivity contribution in [2.45, 2.75) is 25.8 Å². The van der Waals surface area contributed by atoms with Crippen LogP contribution in [0.15, 0.2) is 42.7 Å². The second-order valence-corrected chi connectivity index (χ2v) is 4.99. The lowest BCUT2D eigenvalue weighted by Gasteiger charge is -2.21. The molecule has 1 aromatic heterocycles. The molecule has 5 heteroatoms. The van der Waals surface area contributed by atoms with Crippen LogP contribution in [0.25, 0.3) is 0 Å². The Kier molecular flexibility index (Phi) is 4.40. The first-order valence-corrected chi connectivity index (χ1v) is 6.67. The van der Waals surface area contributed by atoms with Crippen LogP contribution in [0.5, 0.6) is 0 Å². The summed E-state index contributed by atoms with van der Waals surface area (Å²) in [4.78, 5) is 11.9. The number of nitrogens with one attached hydrogen (secondary N) is 2. The molecule has 5 nitrogen and oxygen atoms in total. The Morgan fingerprint density at radius 2 is 1.95 bits per heavy atom. The predicted molar refractivity (Wildman–Crippen MR) is 79.7 cm³/mol. The van der Waals surface area contributed by atoms with Gasteiger partial charge < -0.3 is 10.6 Å². The molecule has 1 heterocycles. The van der Waals surface area contributed by atoms with Crippen LogP contribution in [-0.2, 0) is 7.05 Å². The highest BCUT2D eigenvalue weighted by Gasteiger charge is 2.16. The molecule has 20 heavy (non-hydrogen) atoms. The molecule has 0 aliphatic rings. The third kappa shape index (κ3) is 3.60. The third-order valence-electron chi connectivity index (χ3n) is 3.40. The van der Waals surface area contributed by atoms with E-state index in [1.54, 1.807) is 17.1 Å². The quantitative estimate of drug-likeness (QED) is 0.899. The van der Waals surface area contributed by atoms with Crippen molar-refractivity contribution >= 4 is 11.7 Å². The fourth-order valence-electron chi connectivity index (χ4n) is 2.03. The molecular weight excluding hydrogens is 252 g/mol. The number of rotatable bonds is 4. The summed E-state index contributed by atoms with van der Waals surface area (Å²) in [5.74, 6) is 0.246. The third-order valence-corrected chi connectivity index (χ3v) is 3.40. The van der Waals surface area contributed by atoms with E-state index in [4.69, 9.17) is 0 Å². The zero-order chi connectivity index (χ0) is 14.5. The molecule has 2 aromatic rings. The van der Waals surface area contributed by atoms with Crippen molar-refractivity contribution in [3.63, 3.8) is 0 Å². The minimum atomic E-state index is -0.215. The van der Waals surface area contributed by atoms with Gasteiger partial charge in [0.15, 0.2) is 0 Å². The average Bonchev–Trinajstić information content (AvgIpc) is 2.84. The van der Waals surface area contributed by atoms with Gasteiger partial charge in [-0.2, -0.15) is 5.10 Å². The van der Waals surface area contributed by atoms with Gasteiger partial charge in [-0.1, -0.05) is 37.3 Å². The molecule has 0 saturated carbocycles. The maximum Gasteiger partial charge on any atom is 0.319 e. The van der Waals surface area contributed by atoms with Gasteiger partial charge >= 0.3 is 6.03 Å². The summed E-state index contributed by atoms with van der Waals surface area (Å²) in [6.45, 7) is 4.10. The number of carbonyl (C=O) groups is 1. The number of urea groups is 1. The van der Waals surface area contributed by atoms with Crippen molar-refractivity contribution in [2.75, 3.05) is 5.32 Å². The van der Waals surface area contributed by atoms with E-state index < -0.39 is 0 Å². The lowest BCUT2D eigenvalue weighted by Crippen LogP contribution is -2.38. The number of amides is 2. The van der Waals surface area contributed by atoms with Crippen LogP contribution >= 0.6 is 0 Å². The van der Waals surface area contributed by atoms with E-state index >= 15 is 0 Å². The fourth-order valence-corrected chi connectivity index (χ4v) is 2.03. The first-order valence-electron chi connectivity index (χ1n) is 6.67. The van der Waals surface area contributed by atoms with Crippen molar-refractivity contribution in [1.29, 1.82) is 0 Å². The smallest absolute Gasteiger partial charge is 0.319 e. The molecule has 0 aliphatic carbocycles. The number of aryl methyl sites for hydroxylation is 1. The summed E-state index contributed by atoms with van der Waals surface area (Å²) in [5, 5.41) is 9.72. The number of anilines is 1. The molecule has 2 N–H and O–H groups in total. The highest BCUT2D eigenvalue weighted by molar-refractivity contribution is 5.89. The lowest BCUT2D eigenvalue weighted by molar-refractivity contribution is 0.248. The summed E-state index contributed by atoms with van der Waals surface area (Å²) in [6.07, 6.45) is 3.37. The molecule has 2 atom stereocenters. The molecule has 2 unspecified atom stereocenters. The molecule has 0 fully saturated rings. The topological polar surface area (TPSA) is 59.0 Å². The highest BCUT2D eigenvalue weighted by atomic mass is 16.2. The molecule has 0 radical (unpaired) electrons. The first-order chi connectivity index (χ1) is 9.56. The summed E-state index contributed by atoms with van der Waals surface area (Å²) >= 11 is 0. The Balaban J connectivity index is 1.90. The van der Waals surface area contributed by atoms with E-state index in [9.17, 15) is 4.79 Å². The van der Waals surface area contributed by atoms with E-state index in [2.05, 4.69) is 34.8 Å². The Morgan fingerprint density at radius 1 is 1.25 bits per heavy atom. The van der Waals surface area contributed by atoms with Gasteiger partial charge in [-0.25, -0.2) is 4.79 Å². The number of benzene rings is 1. The van der Waals surface area contributed by atoms with Gasteiger partial charge in [0.05, 0.1) is 11.9 Å². The molecule has 2 amide bonds. The number of hydrogen-bond donors (Lipinski definition) is 2. The molecular formula is C15H20N4O. The standard InChI is InChI=1S/C15H20N4O/c1-11(13-7-5-4-6-8-13)12(2)17-15(20)18-14-9-16-19(3)10-14/h4-12H,1-3H3,(H2,17,18,20). The van der Waals surface area contributed by atoms with E-state index in [0.717, 1.165) is 0 Å². The van der Waals surface area contributed by atoms with Crippen molar-refractivity contribution < 1.29 is 4.79 Å². The molecule has 106 valence electrons. The van der Waals surface area contributed by atoms with Crippen molar-refractivity contribution in [2.24, 2.45) is 7.05 Å². The summed E-state index contributed by atoms with van der Waals surface area (Å²) in [5.41, 5.74) is 1.89. The Labute approximate surface area is 119 Å². The SMILES string of the molecule is CC(NC(=O)Nc1cnn(C)c1)C(C)c1ccccc1. The van der Waals surface area contributed by atoms with Crippen LogP contribution < -0.4 is 10.6 Å².